The van der Waals surface area contributed by atoms with Crippen LogP contribution >= 0.6 is 11.6 Å². The molecule has 2 aromatic rings. The van der Waals surface area contributed by atoms with Gasteiger partial charge in [0.1, 0.15) is 5.02 Å². The summed E-state index contributed by atoms with van der Waals surface area (Å²) in [6, 6.07) is 3.99. The van der Waals surface area contributed by atoms with Gasteiger partial charge in [-0.25, -0.2) is 4.98 Å². The molecule has 94 valence electrons. The molecule has 0 saturated heterocycles. The van der Waals surface area contributed by atoms with Gasteiger partial charge in [-0.3, -0.25) is 4.98 Å². The van der Waals surface area contributed by atoms with Gasteiger partial charge in [0.25, 0.3) is 0 Å². The highest BCUT2D eigenvalue weighted by Crippen LogP contribution is 2.24. The molecular weight excluding hydrogens is 250 g/mol. The number of aromatic nitrogens is 3. The van der Waals surface area contributed by atoms with Crippen molar-refractivity contribution in [3.8, 4) is 0 Å². The molecule has 0 saturated carbocycles. The molecule has 2 aromatic heterocycles. The third kappa shape index (κ3) is 2.87. The SMILES string of the molecule is CNc1ncc(Cl)c(NC(C)c2ccncc2)n1. The fourth-order valence-corrected chi connectivity index (χ4v) is 1.67. The van der Waals surface area contributed by atoms with Crippen LogP contribution in [0.15, 0.2) is 30.7 Å². The minimum absolute atomic E-state index is 0.0881. The second kappa shape index (κ2) is 5.64. The van der Waals surface area contributed by atoms with Crippen LogP contribution < -0.4 is 10.6 Å². The van der Waals surface area contributed by atoms with Crippen molar-refractivity contribution < 1.29 is 0 Å². The summed E-state index contributed by atoms with van der Waals surface area (Å²) in [6.45, 7) is 2.03. The molecule has 0 bridgehead atoms. The van der Waals surface area contributed by atoms with Gasteiger partial charge in [0.15, 0.2) is 5.82 Å². The first-order valence-electron chi connectivity index (χ1n) is 5.57. The lowest BCUT2D eigenvalue weighted by Gasteiger charge is -2.15. The molecule has 2 N–H and O–H groups in total. The molecule has 5 nitrogen and oxygen atoms in total. The Hall–Kier alpha value is -1.88. The predicted molar refractivity (Wildman–Crippen MR) is 72.9 cm³/mol. The van der Waals surface area contributed by atoms with Crippen LogP contribution in [0.25, 0.3) is 0 Å². The molecule has 2 heterocycles. The zero-order chi connectivity index (χ0) is 13.0. The molecule has 0 aliphatic rings. The van der Waals surface area contributed by atoms with E-state index in [0.717, 1.165) is 5.56 Å². The van der Waals surface area contributed by atoms with Gasteiger partial charge in [0.2, 0.25) is 5.95 Å². The minimum atomic E-state index is 0.0881. The molecule has 0 aliphatic heterocycles. The van der Waals surface area contributed by atoms with Crippen LogP contribution in [0.1, 0.15) is 18.5 Å². The van der Waals surface area contributed by atoms with E-state index < -0.39 is 0 Å². The molecule has 2 rings (SSSR count). The van der Waals surface area contributed by atoms with Gasteiger partial charge in [-0.2, -0.15) is 4.98 Å². The number of anilines is 2. The molecule has 0 aromatic carbocycles. The fourth-order valence-electron chi connectivity index (χ4n) is 1.53. The summed E-state index contributed by atoms with van der Waals surface area (Å²) in [6.07, 6.45) is 5.09. The van der Waals surface area contributed by atoms with Crippen LogP contribution in [0, 0.1) is 0 Å². The number of nitrogens with zero attached hydrogens (tertiary/aromatic N) is 3. The van der Waals surface area contributed by atoms with Crippen molar-refractivity contribution in [1.82, 2.24) is 15.0 Å². The highest BCUT2D eigenvalue weighted by Gasteiger charge is 2.09. The van der Waals surface area contributed by atoms with Crippen LogP contribution in [0.2, 0.25) is 5.02 Å². The number of rotatable bonds is 4. The van der Waals surface area contributed by atoms with E-state index >= 15 is 0 Å². The molecule has 0 fully saturated rings. The van der Waals surface area contributed by atoms with Gasteiger partial charge < -0.3 is 10.6 Å². The van der Waals surface area contributed by atoms with E-state index in [2.05, 4.69) is 25.6 Å². The largest absolute Gasteiger partial charge is 0.362 e. The second-order valence-corrected chi connectivity index (χ2v) is 4.19. The lowest BCUT2D eigenvalue weighted by Crippen LogP contribution is -2.09. The summed E-state index contributed by atoms with van der Waals surface area (Å²) in [7, 11) is 1.76. The maximum absolute atomic E-state index is 6.06. The third-order valence-electron chi connectivity index (χ3n) is 2.53. The lowest BCUT2D eigenvalue weighted by molar-refractivity contribution is 0.869. The zero-order valence-corrected chi connectivity index (χ0v) is 10.9. The Morgan fingerprint density at radius 1 is 1.28 bits per heavy atom. The third-order valence-corrected chi connectivity index (χ3v) is 2.80. The van der Waals surface area contributed by atoms with Gasteiger partial charge in [-0.1, -0.05) is 11.6 Å². The monoisotopic (exact) mass is 263 g/mol. The van der Waals surface area contributed by atoms with Crippen molar-refractivity contribution in [1.29, 1.82) is 0 Å². The van der Waals surface area contributed by atoms with Crippen molar-refractivity contribution >= 4 is 23.4 Å². The Morgan fingerprint density at radius 3 is 2.67 bits per heavy atom. The summed E-state index contributed by atoms with van der Waals surface area (Å²) >= 11 is 6.06. The van der Waals surface area contributed by atoms with Crippen LogP contribution in [-0.2, 0) is 0 Å². The van der Waals surface area contributed by atoms with E-state index in [9.17, 15) is 0 Å². The van der Waals surface area contributed by atoms with Crippen molar-refractivity contribution in [2.75, 3.05) is 17.7 Å². The molecule has 0 aliphatic carbocycles. The van der Waals surface area contributed by atoms with Crippen LogP contribution in [0.5, 0.6) is 0 Å². The molecule has 6 heteroatoms. The van der Waals surface area contributed by atoms with Gasteiger partial charge in [-0.05, 0) is 24.6 Å². The first-order chi connectivity index (χ1) is 8.70. The molecule has 1 atom stereocenters. The van der Waals surface area contributed by atoms with E-state index in [0.29, 0.717) is 16.8 Å². The number of nitrogens with one attached hydrogen (secondary N) is 2. The predicted octanol–water partition coefficient (Wildman–Crippen LogP) is 2.74. The Labute approximate surface area is 111 Å². The molecule has 0 radical (unpaired) electrons. The molecule has 0 spiro atoms. The minimum Gasteiger partial charge on any atom is -0.362 e. The second-order valence-electron chi connectivity index (χ2n) is 3.79. The first-order valence-corrected chi connectivity index (χ1v) is 5.95. The average molecular weight is 264 g/mol. The number of hydrogen-bond acceptors (Lipinski definition) is 5. The average Bonchev–Trinajstić information content (AvgIpc) is 2.42. The fraction of sp³-hybridized carbons (Fsp3) is 0.250. The topological polar surface area (TPSA) is 62.7 Å². The summed E-state index contributed by atoms with van der Waals surface area (Å²) in [5.74, 6) is 1.14. The van der Waals surface area contributed by atoms with Crippen LogP contribution in [0.3, 0.4) is 0 Å². The van der Waals surface area contributed by atoms with Crippen molar-refractivity contribution in [3.63, 3.8) is 0 Å². The quantitative estimate of drug-likeness (QED) is 0.888. The molecule has 1 unspecified atom stereocenters. The highest BCUT2D eigenvalue weighted by atomic mass is 35.5. The summed E-state index contributed by atoms with van der Waals surface area (Å²) in [5.41, 5.74) is 1.12. The van der Waals surface area contributed by atoms with E-state index in [1.165, 1.54) is 0 Å². The summed E-state index contributed by atoms with van der Waals surface area (Å²) in [4.78, 5) is 12.3. The number of hydrogen-bond donors (Lipinski definition) is 2. The standard InChI is InChI=1S/C12H14ClN5/c1-8(9-3-5-15-6-4-9)17-11-10(13)7-16-12(14-2)18-11/h3-8H,1-2H3,(H2,14,16,17,18). The maximum Gasteiger partial charge on any atom is 0.224 e. The normalized spacial score (nSPS) is 11.9. The summed E-state index contributed by atoms with van der Waals surface area (Å²) < 4.78 is 0. The zero-order valence-electron chi connectivity index (χ0n) is 10.2. The van der Waals surface area contributed by atoms with E-state index in [1.807, 2.05) is 19.1 Å². The lowest BCUT2D eigenvalue weighted by atomic mass is 10.1. The molecule has 0 amide bonds. The van der Waals surface area contributed by atoms with Crippen LogP contribution in [-0.4, -0.2) is 22.0 Å². The van der Waals surface area contributed by atoms with Crippen molar-refractivity contribution in [3.05, 3.63) is 41.3 Å². The highest BCUT2D eigenvalue weighted by molar-refractivity contribution is 6.32. The number of halogens is 1. The first kappa shape index (κ1) is 12.6. The number of pyridine rings is 1. The van der Waals surface area contributed by atoms with Gasteiger partial charge in [-0.15, -0.1) is 0 Å². The van der Waals surface area contributed by atoms with Crippen molar-refractivity contribution in [2.45, 2.75) is 13.0 Å². The molecule has 18 heavy (non-hydrogen) atoms. The maximum atomic E-state index is 6.06. The Bertz CT molecular complexity index is 517. The van der Waals surface area contributed by atoms with Crippen LogP contribution in [0.4, 0.5) is 11.8 Å². The van der Waals surface area contributed by atoms with Crippen molar-refractivity contribution in [2.24, 2.45) is 0 Å². The van der Waals surface area contributed by atoms with E-state index in [1.54, 1.807) is 25.6 Å². The Balaban J connectivity index is 2.18. The Morgan fingerprint density at radius 2 is 2.00 bits per heavy atom. The summed E-state index contributed by atoms with van der Waals surface area (Å²) in [5, 5.41) is 6.62. The Kier molecular flexibility index (Phi) is 3.94. The van der Waals surface area contributed by atoms with Gasteiger partial charge >= 0.3 is 0 Å². The van der Waals surface area contributed by atoms with Gasteiger partial charge in [0, 0.05) is 19.4 Å². The molecular formula is C12H14ClN5. The van der Waals surface area contributed by atoms with E-state index in [-0.39, 0.29) is 6.04 Å². The smallest absolute Gasteiger partial charge is 0.224 e. The van der Waals surface area contributed by atoms with E-state index in [4.69, 9.17) is 11.6 Å². The van der Waals surface area contributed by atoms with Gasteiger partial charge in [0.05, 0.1) is 12.2 Å².